The monoisotopic (exact) mass is 266 g/mol. The van der Waals surface area contributed by atoms with Crippen molar-refractivity contribution in [2.75, 3.05) is 0 Å². The van der Waals surface area contributed by atoms with Gasteiger partial charge < -0.3 is 10.8 Å². The lowest BCUT2D eigenvalue weighted by atomic mass is 10.2. The number of hydrogen-bond donors (Lipinski definition) is 2. The quantitative estimate of drug-likeness (QED) is 0.492. The maximum Gasteiger partial charge on any atom is 0.247 e. The van der Waals surface area contributed by atoms with Crippen molar-refractivity contribution in [1.82, 2.24) is 0 Å². The van der Waals surface area contributed by atoms with E-state index in [1.54, 1.807) is 24.3 Å². The number of benzene rings is 1. The molecule has 3 N–H and O–H groups in total. The molecule has 0 unspecified atom stereocenters. The number of aromatic hydroxyl groups is 1. The normalized spacial score (nSPS) is 12.9. The summed E-state index contributed by atoms with van der Waals surface area (Å²) < 4.78 is -1.70. The van der Waals surface area contributed by atoms with Crippen molar-refractivity contribution in [2.24, 2.45) is 10.7 Å². The number of rotatable bonds is 2. The van der Waals surface area contributed by atoms with E-state index in [4.69, 9.17) is 40.5 Å². The van der Waals surface area contributed by atoms with Crippen molar-refractivity contribution in [1.29, 1.82) is 0 Å². The van der Waals surface area contributed by atoms with Crippen molar-refractivity contribution >= 4 is 40.6 Å². The minimum absolute atomic E-state index is 0.101. The molecule has 0 saturated heterocycles. The molecule has 0 aromatic heterocycles. The van der Waals surface area contributed by atoms with E-state index in [9.17, 15) is 5.11 Å². The van der Waals surface area contributed by atoms with Gasteiger partial charge in [-0.15, -0.1) is 0 Å². The van der Waals surface area contributed by atoms with Gasteiger partial charge in [0.2, 0.25) is 3.79 Å². The van der Waals surface area contributed by atoms with Gasteiger partial charge in [0.15, 0.2) is 0 Å². The zero-order valence-corrected chi connectivity index (χ0v) is 9.89. The maximum atomic E-state index is 9.42. The van der Waals surface area contributed by atoms with Gasteiger partial charge in [0.25, 0.3) is 0 Å². The number of nitrogens with two attached hydrogens (primary N) is 1. The first-order valence-corrected chi connectivity index (χ1v) is 5.18. The molecule has 1 aromatic carbocycles. The van der Waals surface area contributed by atoms with E-state index in [1.165, 1.54) is 0 Å². The Kier molecular flexibility index (Phi) is 4.08. The molecule has 0 radical (unpaired) electrons. The molecule has 15 heavy (non-hydrogen) atoms. The Labute approximate surface area is 102 Å². The van der Waals surface area contributed by atoms with Gasteiger partial charge in [-0.25, -0.2) is 0 Å². The number of alkyl halides is 3. The summed E-state index contributed by atoms with van der Waals surface area (Å²) in [6.45, 7) is 0.173. The van der Waals surface area contributed by atoms with Crippen LogP contribution in [0.3, 0.4) is 0 Å². The molecular weight excluding hydrogens is 258 g/mol. The van der Waals surface area contributed by atoms with Crippen molar-refractivity contribution in [3.63, 3.8) is 0 Å². The Morgan fingerprint density at radius 1 is 1.33 bits per heavy atom. The smallest absolute Gasteiger partial charge is 0.247 e. The highest BCUT2D eigenvalue weighted by Crippen LogP contribution is 2.26. The number of phenols is 1. The Bertz CT molecular complexity index is 374. The number of para-hydroxylation sites is 1. The van der Waals surface area contributed by atoms with Crippen LogP contribution in [0.15, 0.2) is 29.3 Å². The van der Waals surface area contributed by atoms with E-state index in [0.29, 0.717) is 5.56 Å². The van der Waals surface area contributed by atoms with Gasteiger partial charge in [-0.2, -0.15) is 0 Å². The van der Waals surface area contributed by atoms with Gasteiger partial charge in [0.1, 0.15) is 11.6 Å². The van der Waals surface area contributed by atoms with Gasteiger partial charge in [0, 0.05) is 5.56 Å². The summed E-state index contributed by atoms with van der Waals surface area (Å²) in [4.78, 5) is 3.87. The minimum Gasteiger partial charge on any atom is -0.508 e. The van der Waals surface area contributed by atoms with Gasteiger partial charge >= 0.3 is 0 Å². The van der Waals surface area contributed by atoms with E-state index in [0.717, 1.165) is 0 Å². The third-order valence-corrected chi connectivity index (χ3v) is 2.28. The second-order valence-corrected chi connectivity index (χ2v) is 5.11. The Morgan fingerprint density at radius 2 is 1.93 bits per heavy atom. The van der Waals surface area contributed by atoms with E-state index >= 15 is 0 Å². The fourth-order valence-corrected chi connectivity index (χ4v) is 1.08. The van der Waals surface area contributed by atoms with E-state index in [-0.39, 0.29) is 18.1 Å². The standard InChI is InChI=1S/C9H9Cl3N2O/c10-9(11,12)8(13)14-5-6-3-1-2-4-7(6)15/h1-4,15H,5H2,(H2,13,14). The Morgan fingerprint density at radius 3 is 2.47 bits per heavy atom. The summed E-state index contributed by atoms with van der Waals surface area (Å²) in [7, 11) is 0. The predicted octanol–water partition coefficient (Wildman–Crippen LogP) is 2.62. The molecule has 0 saturated carbocycles. The van der Waals surface area contributed by atoms with Crippen LogP contribution in [-0.4, -0.2) is 14.7 Å². The number of hydrogen-bond acceptors (Lipinski definition) is 2. The SMILES string of the molecule is NC(=NCc1ccccc1O)C(Cl)(Cl)Cl. The predicted molar refractivity (Wildman–Crippen MR) is 63.7 cm³/mol. The zero-order chi connectivity index (χ0) is 11.5. The summed E-state index contributed by atoms with van der Waals surface area (Å²) in [5.74, 6) is 0.0362. The number of aliphatic imine (C=N–C) groups is 1. The molecule has 0 fully saturated rings. The average Bonchev–Trinajstić information content (AvgIpc) is 2.14. The molecule has 1 aromatic rings. The van der Waals surface area contributed by atoms with Gasteiger partial charge in [-0.3, -0.25) is 4.99 Å². The largest absolute Gasteiger partial charge is 0.508 e. The van der Waals surface area contributed by atoms with Crippen LogP contribution in [0.1, 0.15) is 5.56 Å². The highest BCUT2D eigenvalue weighted by atomic mass is 35.6. The van der Waals surface area contributed by atoms with Crippen molar-refractivity contribution in [3.05, 3.63) is 29.8 Å². The van der Waals surface area contributed by atoms with Crippen LogP contribution >= 0.6 is 34.8 Å². The third-order valence-electron chi connectivity index (χ3n) is 1.70. The summed E-state index contributed by atoms with van der Waals surface area (Å²) >= 11 is 16.5. The first kappa shape index (κ1) is 12.4. The van der Waals surface area contributed by atoms with E-state index < -0.39 is 3.79 Å². The van der Waals surface area contributed by atoms with Crippen LogP contribution in [0.4, 0.5) is 0 Å². The van der Waals surface area contributed by atoms with Crippen LogP contribution in [0.25, 0.3) is 0 Å². The molecule has 6 heteroatoms. The van der Waals surface area contributed by atoms with Crippen molar-refractivity contribution in [2.45, 2.75) is 10.3 Å². The van der Waals surface area contributed by atoms with Gasteiger partial charge in [-0.1, -0.05) is 53.0 Å². The lowest BCUT2D eigenvalue weighted by molar-refractivity contribution is 0.468. The lowest BCUT2D eigenvalue weighted by Gasteiger charge is -2.09. The van der Waals surface area contributed by atoms with Gasteiger partial charge in [-0.05, 0) is 6.07 Å². The second kappa shape index (κ2) is 4.92. The van der Waals surface area contributed by atoms with Crippen LogP contribution in [0, 0.1) is 0 Å². The molecular formula is C9H9Cl3N2O. The van der Waals surface area contributed by atoms with Crippen LogP contribution in [0.2, 0.25) is 0 Å². The molecule has 0 aliphatic heterocycles. The Hall–Kier alpha value is -0.640. The molecule has 0 heterocycles. The molecule has 0 spiro atoms. The number of phenolic OH excluding ortho intramolecular Hbond substituents is 1. The fourth-order valence-electron chi connectivity index (χ4n) is 0.905. The van der Waals surface area contributed by atoms with E-state index in [2.05, 4.69) is 4.99 Å². The van der Waals surface area contributed by atoms with Crippen LogP contribution in [0.5, 0.6) is 5.75 Å². The summed E-state index contributed by atoms with van der Waals surface area (Å²) in [6, 6.07) is 6.75. The molecule has 0 aliphatic carbocycles. The molecule has 82 valence electrons. The second-order valence-electron chi connectivity index (χ2n) is 2.83. The summed E-state index contributed by atoms with van der Waals surface area (Å²) in [5.41, 5.74) is 6.04. The zero-order valence-electron chi connectivity index (χ0n) is 7.62. The fraction of sp³-hybridized carbons (Fsp3) is 0.222. The molecule has 0 atom stereocenters. The number of halogens is 3. The maximum absolute atomic E-state index is 9.42. The molecule has 0 aliphatic rings. The minimum atomic E-state index is -1.70. The van der Waals surface area contributed by atoms with E-state index in [1.807, 2.05) is 0 Å². The molecule has 3 nitrogen and oxygen atoms in total. The highest BCUT2D eigenvalue weighted by molar-refractivity contribution is 6.76. The van der Waals surface area contributed by atoms with Gasteiger partial charge in [0.05, 0.1) is 6.54 Å². The van der Waals surface area contributed by atoms with Crippen molar-refractivity contribution < 1.29 is 5.11 Å². The summed E-state index contributed by atoms with van der Waals surface area (Å²) in [5, 5.41) is 9.42. The lowest BCUT2D eigenvalue weighted by Crippen LogP contribution is -2.28. The molecule has 1 rings (SSSR count). The topological polar surface area (TPSA) is 58.6 Å². The highest BCUT2D eigenvalue weighted by Gasteiger charge is 2.24. The Balaban J connectivity index is 2.77. The van der Waals surface area contributed by atoms with Crippen molar-refractivity contribution in [3.8, 4) is 5.75 Å². The van der Waals surface area contributed by atoms with Crippen LogP contribution in [-0.2, 0) is 6.54 Å². The average molecular weight is 268 g/mol. The van der Waals surface area contributed by atoms with Crippen LogP contribution < -0.4 is 5.73 Å². The third kappa shape index (κ3) is 3.78. The first-order valence-electron chi connectivity index (χ1n) is 4.05. The number of nitrogens with zero attached hydrogens (tertiary/aromatic N) is 1. The summed E-state index contributed by atoms with van der Waals surface area (Å²) in [6.07, 6.45) is 0. The first-order chi connectivity index (χ1) is 6.91. The molecule has 0 amide bonds. The number of amidine groups is 1. The molecule has 0 bridgehead atoms.